The first-order valence-corrected chi connectivity index (χ1v) is 30.9. The number of amides is 2. The molecule has 0 bridgehead atoms. The van der Waals surface area contributed by atoms with Crippen LogP contribution in [0.25, 0.3) is 44.3 Å². The maximum Gasteiger partial charge on any atom is 0.410 e. The molecule has 8 aromatic rings. The number of nitrogen functional groups attached to an aromatic ring is 1. The molecule has 2 amide bonds. The summed E-state index contributed by atoms with van der Waals surface area (Å²) in [5, 5.41) is 0.268. The van der Waals surface area contributed by atoms with Crippen molar-refractivity contribution in [2.75, 3.05) is 45.0 Å². The van der Waals surface area contributed by atoms with Crippen LogP contribution in [0.15, 0.2) is 73.6 Å². The number of rotatable bonds is 10. The van der Waals surface area contributed by atoms with Gasteiger partial charge >= 0.3 is 12.2 Å². The normalized spacial score (nSPS) is 19.4. The van der Waals surface area contributed by atoms with Gasteiger partial charge in [0.2, 0.25) is 5.28 Å². The van der Waals surface area contributed by atoms with Crippen LogP contribution in [0.4, 0.5) is 33.0 Å². The lowest BCUT2D eigenvalue weighted by atomic mass is 9.68. The molecule has 0 aliphatic carbocycles. The van der Waals surface area contributed by atoms with Gasteiger partial charge in [-0.3, -0.25) is 14.8 Å². The van der Waals surface area contributed by atoms with Gasteiger partial charge in [-0.1, -0.05) is 6.92 Å². The third kappa shape index (κ3) is 14.5. The van der Waals surface area contributed by atoms with E-state index in [9.17, 15) is 18.4 Å². The summed E-state index contributed by atoms with van der Waals surface area (Å²) in [4.78, 5) is 67.1. The van der Waals surface area contributed by atoms with E-state index in [4.69, 9.17) is 26.8 Å². The summed E-state index contributed by atoms with van der Waals surface area (Å²) in [7, 11) is 0. The van der Waals surface area contributed by atoms with Crippen molar-refractivity contribution >= 4 is 51.7 Å². The van der Waals surface area contributed by atoms with Crippen LogP contribution in [0.3, 0.4) is 0 Å². The highest BCUT2D eigenvalue weighted by Gasteiger charge is 2.53. The molecule has 2 N–H and O–H groups in total. The van der Waals surface area contributed by atoms with Crippen molar-refractivity contribution in [2.24, 2.45) is 11.3 Å². The number of hydrogen-bond acceptors (Lipinski definition) is 15. The first kappa shape index (κ1) is 65.1. The maximum absolute atomic E-state index is 15.1. The zero-order valence-corrected chi connectivity index (χ0v) is 54.2. The lowest BCUT2D eigenvalue weighted by Gasteiger charge is -2.60. The Balaban J connectivity index is 0.000000165. The Kier molecular flexibility index (Phi) is 18.6. The number of carbonyl (C=O) groups is 2. The van der Waals surface area contributed by atoms with Crippen molar-refractivity contribution in [1.29, 1.82) is 0 Å². The molecule has 4 fully saturated rings. The number of likely N-dealkylation sites (tertiary alicyclic amines) is 4. The quantitative estimate of drug-likeness (QED) is 0.0999. The van der Waals surface area contributed by atoms with Crippen LogP contribution in [0.1, 0.15) is 135 Å². The molecule has 12 rings (SSSR count). The molecule has 90 heavy (non-hydrogen) atoms. The number of carbonyl (C=O) groups excluding carboxylic acids is 2. The van der Waals surface area contributed by atoms with E-state index in [0.29, 0.717) is 77.5 Å². The van der Waals surface area contributed by atoms with Gasteiger partial charge in [0.15, 0.2) is 11.6 Å². The standard InChI is InChI=1S/C34H41F2N7O2.C16H23ClN4O2.C16H16F2N4/c1-20(2)43-21(3)40-31-26(35)10-23(11-28(31)43)25-12-24(37-16-27(25)36)13-30-38-14-22(15-39-30)17-42-19-34(7)8-9-41(18-29(34)42)32(44)45-33(4,5)6;1-16(2,3)23-15(22)20-5-4-12-9-21(13(12)10-20)8-11-6-18-14(17)19-7-11;1-8(2)22-9(3)21-16-12(17)4-10(5-14(16)22)11-6-15(19)20-7-13(11)18/h10-12,14-16,20,29H,8-9,13,17-19H2,1-7H3;6-7,12-13H,4-5,8-10H2,1-3H3;4-8H,1-3H3,(H2,19,20)/t29-,34-;12-,13-;/m11./s1. The van der Waals surface area contributed by atoms with E-state index in [-0.39, 0.29) is 69.0 Å². The van der Waals surface area contributed by atoms with Crippen LogP contribution in [0.2, 0.25) is 5.28 Å². The molecule has 0 radical (unpaired) electrons. The van der Waals surface area contributed by atoms with Gasteiger partial charge in [0.05, 0.1) is 29.8 Å². The fraction of sp³-hybridized carbons (Fsp3) is 0.485. The second-order valence-electron chi connectivity index (χ2n) is 26.9. The molecule has 19 nitrogen and oxygen atoms in total. The second kappa shape index (κ2) is 25.8. The zero-order chi connectivity index (χ0) is 64.9. The van der Waals surface area contributed by atoms with E-state index in [1.54, 1.807) is 30.6 Å². The summed E-state index contributed by atoms with van der Waals surface area (Å²) in [6.07, 6.45) is 11.2. The lowest BCUT2D eigenvalue weighted by molar-refractivity contribution is -0.115. The number of benzene rings is 2. The van der Waals surface area contributed by atoms with Gasteiger partial charge < -0.3 is 34.1 Å². The summed E-state index contributed by atoms with van der Waals surface area (Å²) < 4.78 is 73.4. The van der Waals surface area contributed by atoms with Crippen molar-refractivity contribution in [1.82, 2.24) is 68.6 Å². The molecule has 0 unspecified atom stereocenters. The van der Waals surface area contributed by atoms with Gasteiger partial charge in [0.1, 0.15) is 57.2 Å². The molecule has 4 aliphatic heterocycles. The first-order chi connectivity index (χ1) is 42.4. The third-order valence-corrected chi connectivity index (χ3v) is 17.2. The van der Waals surface area contributed by atoms with Gasteiger partial charge in [0.25, 0.3) is 0 Å². The van der Waals surface area contributed by atoms with Gasteiger partial charge in [0, 0.05) is 129 Å². The van der Waals surface area contributed by atoms with Gasteiger partial charge in [-0.25, -0.2) is 62.0 Å². The Hall–Kier alpha value is -7.89. The van der Waals surface area contributed by atoms with Crippen LogP contribution in [0.5, 0.6) is 0 Å². The molecular weight excluding hydrogens is 1180 g/mol. The van der Waals surface area contributed by atoms with E-state index in [1.165, 1.54) is 18.2 Å². The lowest BCUT2D eigenvalue weighted by Crippen LogP contribution is -2.70. The summed E-state index contributed by atoms with van der Waals surface area (Å²) in [5.41, 5.74) is 10.6. The molecule has 2 aromatic carbocycles. The van der Waals surface area contributed by atoms with Gasteiger partial charge in [-0.2, -0.15) is 0 Å². The summed E-state index contributed by atoms with van der Waals surface area (Å²) in [5.74, 6) is 0.789. The summed E-state index contributed by atoms with van der Waals surface area (Å²) >= 11 is 5.72. The molecule has 4 atom stereocenters. The predicted octanol–water partition coefficient (Wildman–Crippen LogP) is 12.9. The molecule has 6 aromatic heterocycles. The number of hydrogen-bond donors (Lipinski definition) is 1. The van der Waals surface area contributed by atoms with Crippen LogP contribution in [0, 0.1) is 48.4 Å². The van der Waals surface area contributed by atoms with Gasteiger partial charge in [-0.05, 0) is 166 Å². The van der Waals surface area contributed by atoms with E-state index in [1.807, 2.05) is 114 Å². The topological polar surface area (TPSA) is 205 Å². The molecule has 10 heterocycles. The van der Waals surface area contributed by atoms with E-state index in [0.717, 1.165) is 74.9 Å². The highest BCUT2D eigenvalue weighted by Crippen LogP contribution is 2.45. The van der Waals surface area contributed by atoms with Crippen LogP contribution < -0.4 is 5.73 Å². The van der Waals surface area contributed by atoms with Crippen molar-refractivity contribution in [3.8, 4) is 22.3 Å². The summed E-state index contributed by atoms with van der Waals surface area (Å²) in [6.45, 7) is 31.6. The highest BCUT2D eigenvalue weighted by atomic mass is 35.5. The van der Waals surface area contributed by atoms with Crippen molar-refractivity contribution < 1.29 is 36.6 Å². The Labute approximate surface area is 527 Å². The van der Waals surface area contributed by atoms with Crippen LogP contribution >= 0.6 is 11.6 Å². The molecule has 24 heteroatoms. The number of fused-ring (bicyclic) bond motifs is 4. The van der Waals surface area contributed by atoms with Crippen LogP contribution in [-0.4, -0.2) is 143 Å². The molecule has 0 spiro atoms. The van der Waals surface area contributed by atoms with Crippen LogP contribution in [-0.2, 0) is 29.0 Å². The van der Waals surface area contributed by atoms with Crippen molar-refractivity contribution in [3.63, 3.8) is 0 Å². The SMILES string of the molecule is CC(C)(C)OC(=O)N1CC[C@@H]2CN(Cc3cnc(Cl)nc3)[C@@H]2C1.Cc1nc2c(F)cc(-c3cc(Cc4ncc(CN5C[C@@]6(C)CCN(C(=O)OC(C)(C)C)C[C@@H]56)cn4)ncc3F)cc2n1C(C)C.Cc1nc2c(F)cc(-c3cc(N)ncc3F)cc2n1C(C)C. The number of nitrogens with two attached hydrogens (primary N) is 1. The number of piperidine rings is 2. The largest absolute Gasteiger partial charge is 0.444 e. The first-order valence-electron chi connectivity index (χ1n) is 30.5. The number of anilines is 1. The fourth-order valence-corrected chi connectivity index (χ4v) is 12.8. The average molecular weight is 1260 g/mol. The molecule has 4 aliphatic rings. The minimum Gasteiger partial charge on any atom is -0.444 e. The van der Waals surface area contributed by atoms with E-state index < -0.39 is 34.5 Å². The highest BCUT2D eigenvalue weighted by molar-refractivity contribution is 6.28. The van der Waals surface area contributed by atoms with Gasteiger partial charge in [-0.15, -0.1) is 0 Å². The number of aromatic nitrogens is 10. The molecule has 4 saturated heterocycles. The smallest absolute Gasteiger partial charge is 0.410 e. The third-order valence-electron chi connectivity index (χ3n) is 17.0. The van der Waals surface area contributed by atoms with E-state index in [2.05, 4.69) is 56.6 Å². The zero-order valence-electron chi connectivity index (χ0n) is 53.5. The maximum atomic E-state index is 15.1. The fourth-order valence-electron chi connectivity index (χ4n) is 12.8. The Bertz CT molecular complexity index is 3940. The number of nitrogens with zero attached hydrogens (tertiary/aromatic N) is 14. The number of ether oxygens (including phenoxy) is 2. The Morgan fingerprint density at radius 3 is 1.68 bits per heavy atom. The van der Waals surface area contributed by atoms with Crippen molar-refractivity contribution in [2.45, 2.75) is 158 Å². The van der Waals surface area contributed by atoms with Crippen molar-refractivity contribution in [3.05, 3.63) is 136 Å². The predicted molar refractivity (Wildman–Crippen MR) is 337 cm³/mol. The number of pyridine rings is 2. The summed E-state index contributed by atoms with van der Waals surface area (Å²) in [6, 6.07) is 9.98. The Morgan fingerprint density at radius 1 is 0.644 bits per heavy atom. The monoisotopic (exact) mass is 1260 g/mol. The number of imidazole rings is 2. The minimum absolute atomic E-state index is 0.0721. The average Bonchev–Trinajstić information content (AvgIpc) is 0.931. The second-order valence-corrected chi connectivity index (χ2v) is 27.2. The molecule has 0 saturated carbocycles. The molecule has 478 valence electrons. The number of halogens is 5. The minimum atomic E-state index is -0.541. The number of aryl methyl sites for hydroxylation is 2. The Morgan fingerprint density at radius 2 is 1.14 bits per heavy atom. The van der Waals surface area contributed by atoms with E-state index >= 15 is 8.78 Å². The molecular formula is C66H80ClF4N15O4.